The third-order valence-corrected chi connectivity index (χ3v) is 4.90. The Labute approximate surface area is 183 Å². The zero-order valence-electron chi connectivity index (χ0n) is 17.3. The van der Waals surface area contributed by atoms with Crippen molar-refractivity contribution in [3.05, 3.63) is 35.3 Å². The van der Waals surface area contributed by atoms with Crippen LogP contribution in [0.5, 0.6) is 5.75 Å². The Bertz CT molecular complexity index is 864. The van der Waals surface area contributed by atoms with E-state index >= 15 is 0 Å². The van der Waals surface area contributed by atoms with E-state index in [-0.39, 0.29) is 0 Å². The van der Waals surface area contributed by atoms with E-state index < -0.39 is 36.4 Å². The molecular formula is C20H23N2O8S-3. The molecule has 1 N–H and O–H groups in total. The highest BCUT2D eigenvalue weighted by atomic mass is 32.1. The molecule has 0 fully saturated rings. The van der Waals surface area contributed by atoms with Crippen LogP contribution in [0.2, 0.25) is 0 Å². The van der Waals surface area contributed by atoms with Crippen LogP contribution in [0, 0.1) is 0 Å². The number of rotatable bonds is 10. The van der Waals surface area contributed by atoms with Crippen molar-refractivity contribution >= 4 is 29.2 Å². The predicted molar refractivity (Wildman–Crippen MR) is 106 cm³/mol. The maximum absolute atomic E-state index is 10.1. The minimum Gasteiger partial charge on any atom is -0.550 e. The van der Waals surface area contributed by atoms with Gasteiger partial charge >= 0.3 is 0 Å². The van der Waals surface area contributed by atoms with Crippen LogP contribution in [0.15, 0.2) is 29.6 Å². The van der Waals surface area contributed by atoms with Gasteiger partial charge < -0.3 is 44.4 Å². The molecule has 0 saturated heterocycles. The van der Waals surface area contributed by atoms with Crippen LogP contribution in [0.1, 0.15) is 18.5 Å². The molecule has 2 rings (SSSR count). The van der Waals surface area contributed by atoms with Gasteiger partial charge in [0.05, 0.1) is 18.8 Å². The first kappa shape index (κ1) is 26.0. The van der Waals surface area contributed by atoms with Gasteiger partial charge in [-0.25, -0.2) is 4.98 Å². The predicted octanol–water partition coefficient (Wildman–Crippen LogP) is -2.33. The number of aromatic nitrogens is 1. The summed E-state index contributed by atoms with van der Waals surface area (Å²) in [5.41, 5.74) is -0.658. The zero-order valence-corrected chi connectivity index (χ0v) is 18.1. The topological polar surface area (TPSA) is 166 Å². The molecule has 0 aliphatic heterocycles. The van der Waals surface area contributed by atoms with Crippen molar-refractivity contribution in [1.82, 2.24) is 9.88 Å². The fraction of sp³-hybridized carbons (Fsp3) is 0.400. The summed E-state index contributed by atoms with van der Waals surface area (Å²) < 4.78 is 5.15. The van der Waals surface area contributed by atoms with E-state index in [2.05, 4.69) is 29.4 Å². The van der Waals surface area contributed by atoms with Crippen molar-refractivity contribution in [3.8, 4) is 16.3 Å². The number of aliphatic hydroxyl groups is 1. The average molecular weight is 451 g/mol. The summed E-state index contributed by atoms with van der Waals surface area (Å²) in [6.07, 6.45) is -1.72. The Morgan fingerprint density at radius 1 is 1.10 bits per heavy atom. The van der Waals surface area contributed by atoms with Crippen molar-refractivity contribution in [2.24, 2.45) is 0 Å². The van der Waals surface area contributed by atoms with Gasteiger partial charge in [0.1, 0.15) is 16.4 Å². The highest BCUT2D eigenvalue weighted by Gasteiger charge is 2.29. The number of thiazole rings is 1. The maximum Gasteiger partial charge on any atom is 0.123 e. The number of ether oxygens (including phenoxy) is 1. The molecule has 31 heavy (non-hydrogen) atoms. The molecule has 10 nitrogen and oxygen atoms in total. The van der Waals surface area contributed by atoms with Crippen molar-refractivity contribution in [1.29, 1.82) is 0 Å². The lowest BCUT2D eigenvalue weighted by Crippen LogP contribution is -2.54. The number of carbonyl (C=O) groups excluding carboxylic acids is 3. The minimum atomic E-state index is -2.97. The molecule has 170 valence electrons. The molecule has 11 heteroatoms. The van der Waals surface area contributed by atoms with Gasteiger partial charge in [-0.2, -0.15) is 0 Å². The molecule has 1 heterocycles. The maximum atomic E-state index is 10.1. The molecule has 0 bridgehead atoms. The summed E-state index contributed by atoms with van der Waals surface area (Å²) in [5, 5.41) is 42.1. The van der Waals surface area contributed by atoms with Crippen LogP contribution in [-0.2, 0) is 20.8 Å². The highest BCUT2D eigenvalue weighted by molar-refractivity contribution is 7.13. The van der Waals surface area contributed by atoms with Gasteiger partial charge in [-0.05, 0) is 38.4 Å². The molecule has 0 aliphatic carbocycles. The van der Waals surface area contributed by atoms with Crippen molar-refractivity contribution in [2.75, 3.05) is 27.7 Å². The van der Waals surface area contributed by atoms with Crippen LogP contribution in [0.3, 0.4) is 0 Å². The Kier molecular flexibility index (Phi) is 10.1. The summed E-state index contributed by atoms with van der Waals surface area (Å²) in [6, 6.07) is 8.03. The third kappa shape index (κ3) is 9.11. The number of carboxylic acid groups (broad SMARTS) is 3. The number of aliphatic carboxylic acids is 3. The van der Waals surface area contributed by atoms with Gasteiger partial charge in [-0.3, -0.25) is 0 Å². The Balaban J connectivity index is 0.000000330. The molecular weight excluding hydrogens is 428 g/mol. The Hall–Kier alpha value is -3.02. The zero-order chi connectivity index (χ0) is 23.6. The first-order valence-electron chi connectivity index (χ1n) is 9.04. The monoisotopic (exact) mass is 451 g/mol. The number of benzene rings is 1. The Morgan fingerprint density at radius 3 is 2.06 bits per heavy atom. The number of nitrogens with zero attached hydrogens (tertiary/aromatic N) is 2. The van der Waals surface area contributed by atoms with Gasteiger partial charge in [0.15, 0.2) is 0 Å². The van der Waals surface area contributed by atoms with E-state index in [4.69, 9.17) is 9.84 Å². The largest absolute Gasteiger partial charge is 0.550 e. The third-order valence-electron chi connectivity index (χ3n) is 3.96. The van der Waals surface area contributed by atoms with Crippen molar-refractivity contribution < 1.29 is 39.5 Å². The standard InChI is InChI=1S/C14H18N2OS.C6H8O7/c1-16(2)9-8-12-10-18-14(15-12)11-4-6-13(17-3)7-5-11;7-3(8)1-6(13,5(11)12)2-4(9)10/h4-7,10H,8-9H2,1-3H3;13H,1-2H2,(H,7,8)(H,9,10)(H,11,12)/p-3. The molecule has 0 unspecified atom stereocenters. The number of carboxylic acids is 3. The summed E-state index contributed by atoms with van der Waals surface area (Å²) in [7, 11) is 5.84. The highest BCUT2D eigenvalue weighted by Crippen LogP contribution is 2.25. The van der Waals surface area contributed by atoms with Gasteiger partial charge in [0, 0.05) is 48.7 Å². The first-order chi connectivity index (χ1) is 14.5. The van der Waals surface area contributed by atoms with E-state index in [0.717, 1.165) is 29.3 Å². The Morgan fingerprint density at radius 2 is 1.65 bits per heavy atom. The fourth-order valence-electron chi connectivity index (χ4n) is 2.31. The van der Waals surface area contributed by atoms with Gasteiger partial charge in [0.25, 0.3) is 0 Å². The quantitative estimate of drug-likeness (QED) is 0.414. The van der Waals surface area contributed by atoms with E-state index in [1.54, 1.807) is 18.4 Å². The summed E-state index contributed by atoms with van der Waals surface area (Å²) in [4.78, 5) is 36.8. The van der Waals surface area contributed by atoms with Gasteiger partial charge in [0.2, 0.25) is 0 Å². The molecule has 1 aromatic heterocycles. The number of methoxy groups -OCH3 is 1. The number of hydrogen-bond acceptors (Lipinski definition) is 11. The average Bonchev–Trinajstić information content (AvgIpc) is 3.14. The number of carbonyl (C=O) groups is 3. The van der Waals surface area contributed by atoms with E-state index in [1.165, 1.54) is 5.69 Å². The van der Waals surface area contributed by atoms with E-state index in [1.807, 2.05) is 24.3 Å². The van der Waals surface area contributed by atoms with Crippen LogP contribution in [-0.4, -0.2) is 66.2 Å². The lowest BCUT2D eigenvalue weighted by molar-refractivity contribution is -0.339. The molecule has 0 aliphatic rings. The molecule has 0 radical (unpaired) electrons. The number of hydrogen-bond donors (Lipinski definition) is 1. The fourth-order valence-corrected chi connectivity index (χ4v) is 3.17. The van der Waals surface area contributed by atoms with Crippen LogP contribution in [0.25, 0.3) is 10.6 Å². The molecule has 0 saturated carbocycles. The molecule has 0 amide bonds. The summed E-state index contributed by atoms with van der Waals surface area (Å²) in [6.45, 7) is 1.03. The molecule has 2 aromatic rings. The molecule has 0 atom stereocenters. The second-order valence-corrected chi connectivity index (χ2v) is 7.70. The second-order valence-electron chi connectivity index (χ2n) is 6.84. The van der Waals surface area contributed by atoms with E-state index in [9.17, 15) is 29.7 Å². The normalized spacial score (nSPS) is 10.9. The van der Waals surface area contributed by atoms with E-state index in [0.29, 0.717) is 0 Å². The lowest BCUT2D eigenvalue weighted by atomic mass is 9.96. The number of likely N-dealkylation sites (N-methyl/N-ethyl adjacent to an activating group) is 1. The van der Waals surface area contributed by atoms with Gasteiger partial charge in [-0.1, -0.05) is 0 Å². The molecule has 0 spiro atoms. The smallest absolute Gasteiger partial charge is 0.123 e. The SMILES string of the molecule is COc1ccc(-c2nc(CCN(C)C)cs2)cc1.O=C([O-])CC(O)(CC(=O)[O-])C(=O)[O-]. The summed E-state index contributed by atoms with van der Waals surface area (Å²) in [5.74, 6) is -5.11. The van der Waals surface area contributed by atoms with Crippen molar-refractivity contribution in [2.45, 2.75) is 24.9 Å². The summed E-state index contributed by atoms with van der Waals surface area (Å²) >= 11 is 1.70. The molecule has 1 aromatic carbocycles. The van der Waals surface area contributed by atoms with Crippen LogP contribution >= 0.6 is 11.3 Å². The first-order valence-corrected chi connectivity index (χ1v) is 9.92. The van der Waals surface area contributed by atoms with Crippen molar-refractivity contribution in [3.63, 3.8) is 0 Å². The minimum absolute atomic E-state index is 0.878. The second kappa shape index (κ2) is 12.0. The van der Waals surface area contributed by atoms with Crippen LogP contribution in [0.4, 0.5) is 0 Å². The lowest BCUT2D eigenvalue weighted by Gasteiger charge is -2.29. The van der Waals surface area contributed by atoms with Crippen LogP contribution < -0.4 is 20.1 Å². The van der Waals surface area contributed by atoms with Gasteiger partial charge in [-0.15, -0.1) is 11.3 Å².